The number of amides is 1. The van der Waals surface area contributed by atoms with E-state index in [1.165, 1.54) is 21.8 Å². The second kappa shape index (κ2) is 7.25. The lowest BCUT2D eigenvalue weighted by Crippen LogP contribution is -2.17. The third-order valence-electron chi connectivity index (χ3n) is 4.58. The molecule has 0 aliphatic carbocycles. The van der Waals surface area contributed by atoms with E-state index < -0.39 is 0 Å². The van der Waals surface area contributed by atoms with Crippen LogP contribution in [0.2, 0.25) is 5.02 Å². The predicted octanol–water partition coefficient (Wildman–Crippen LogP) is 5.23. The SMILES string of the molecule is CCn1c2ccccc2c2cc(/C=N/NC(=O)c3cccc(Cl)c3)ccc21. The number of benzene rings is 3. The quantitative estimate of drug-likeness (QED) is 0.385. The largest absolute Gasteiger partial charge is 0.341 e. The molecule has 0 bridgehead atoms. The van der Waals surface area contributed by atoms with Crippen LogP contribution in [0.1, 0.15) is 22.8 Å². The predicted molar refractivity (Wildman–Crippen MR) is 112 cm³/mol. The molecule has 0 unspecified atom stereocenters. The Hall–Kier alpha value is -3.11. The molecule has 0 aliphatic heterocycles. The normalized spacial score (nSPS) is 11.5. The summed E-state index contributed by atoms with van der Waals surface area (Å²) in [6, 6.07) is 21.3. The van der Waals surface area contributed by atoms with Gasteiger partial charge in [-0.2, -0.15) is 5.10 Å². The molecule has 1 aromatic heterocycles. The van der Waals surface area contributed by atoms with Crippen LogP contribution in [0.25, 0.3) is 21.8 Å². The number of hydrazone groups is 1. The van der Waals surface area contributed by atoms with Crippen LogP contribution in [0, 0.1) is 0 Å². The van der Waals surface area contributed by atoms with Crippen molar-refractivity contribution in [2.45, 2.75) is 13.5 Å². The first kappa shape index (κ1) is 17.3. The van der Waals surface area contributed by atoms with Crippen LogP contribution in [0.5, 0.6) is 0 Å². The highest BCUT2D eigenvalue weighted by atomic mass is 35.5. The Kier molecular flexibility index (Phi) is 4.65. The van der Waals surface area contributed by atoms with Crippen LogP contribution in [0.15, 0.2) is 71.8 Å². The van der Waals surface area contributed by atoms with Crippen molar-refractivity contribution in [2.75, 3.05) is 0 Å². The summed E-state index contributed by atoms with van der Waals surface area (Å²) in [5.41, 5.74) is 6.35. The van der Waals surface area contributed by atoms with Crippen LogP contribution in [-0.4, -0.2) is 16.7 Å². The number of hydrogen-bond acceptors (Lipinski definition) is 2. The van der Waals surface area contributed by atoms with Gasteiger partial charge in [-0.3, -0.25) is 4.79 Å². The fourth-order valence-electron chi connectivity index (χ4n) is 3.35. The molecule has 3 aromatic carbocycles. The van der Waals surface area contributed by atoms with E-state index in [0.29, 0.717) is 10.6 Å². The molecule has 4 rings (SSSR count). The average molecular weight is 376 g/mol. The van der Waals surface area contributed by atoms with E-state index in [1.807, 2.05) is 12.1 Å². The molecule has 1 N–H and O–H groups in total. The molecule has 1 heterocycles. The van der Waals surface area contributed by atoms with Gasteiger partial charge in [-0.15, -0.1) is 0 Å². The monoisotopic (exact) mass is 375 g/mol. The number of carbonyl (C=O) groups excluding carboxylic acids is 1. The minimum absolute atomic E-state index is 0.294. The van der Waals surface area contributed by atoms with Crippen LogP contribution < -0.4 is 5.43 Å². The van der Waals surface area contributed by atoms with Crippen LogP contribution in [0.4, 0.5) is 0 Å². The summed E-state index contributed by atoms with van der Waals surface area (Å²) in [5.74, 6) is -0.294. The van der Waals surface area contributed by atoms with Gasteiger partial charge in [0.2, 0.25) is 0 Å². The number of carbonyl (C=O) groups is 1. The topological polar surface area (TPSA) is 46.4 Å². The second-order valence-corrected chi connectivity index (χ2v) is 6.68. The Morgan fingerprint density at radius 2 is 1.85 bits per heavy atom. The summed E-state index contributed by atoms with van der Waals surface area (Å²) < 4.78 is 2.30. The van der Waals surface area contributed by atoms with Gasteiger partial charge >= 0.3 is 0 Å². The highest BCUT2D eigenvalue weighted by Gasteiger charge is 2.09. The third-order valence-corrected chi connectivity index (χ3v) is 4.81. The van der Waals surface area contributed by atoms with Crippen LogP contribution >= 0.6 is 11.6 Å². The van der Waals surface area contributed by atoms with Crippen molar-refractivity contribution < 1.29 is 4.79 Å². The van der Waals surface area contributed by atoms with E-state index >= 15 is 0 Å². The lowest BCUT2D eigenvalue weighted by molar-refractivity contribution is 0.0955. The van der Waals surface area contributed by atoms with Gasteiger partial charge in [0.15, 0.2) is 0 Å². The standard InChI is InChI=1S/C22H18ClN3O/c1-2-26-20-9-4-3-8-18(20)19-12-15(10-11-21(19)26)14-24-25-22(27)16-6-5-7-17(23)13-16/h3-14H,2H2,1H3,(H,25,27)/b24-14+. The summed E-state index contributed by atoms with van der Waals surface area (Å²) in [7, 11) is 0. The molecule has 4 nitrogen and oxygen atoms in total. The Morgan fingerprint density at radius 1 is 1.04 bits per heavy atom. The molecule has 134 valence electrons. The molecule has 27 heavy (non-hydrogen) atoms. The highest BCUT2D eigenvalue weighted by molar-refractivity contribution is 6.31. The second-order valence-electron chi connectivity index (χ2n) is 6.25. The fourth-order valence-corrected chi connectivity index (χ4v) is 3.54. The van der Waals surface area contributed by atoms with E-state index in [4.69, 9.17) is 11.6 Å². The maximum absolute atomic E-state index is 12.1. The van der Waals surface area contributed by atoms with Gasteiger partial charge < -0.3 is 4.57 Å². The van der Waals surface area contributed by atoms with Crippen molar-refractivity contribution in [1.29, 1.82) is 0 Å². The molecule has 0 radical (unpaired) electrons. The number of hydrogen-bond donors (Lipinski definition) is 1. The van der Waals surface area contributed by atoms with Gasteiger partial charge in [-0.25, -0.2) is 5.43 Å². The summed E-state index contributed by atoms with van der Waals surface area (Å²) in [5, 5.41) is 7.00. The molecule has 4 aromatic rings. The lowest BCUT2D eigenvalue weighted by Gasteiger charge is -2.03. The Balaban J connectivity index is 1.62. The van der Waals surface area contributed by atoms with Crippen LogP contribution in [-0.2, 0) is 6.54 Å². The van der Waals surface area contributed by atoms with Gasteiger partial charge in [0.1, 0.15) is 0 Å². The van der Waals surface area contributed by atoms with Crippen molar-refractivity contribution in [1.82, 2.24) is 9.99 Å². The molecule has 0 atom stereocenters. The van der Waals surface area contributed by atoms with Gasteiger partial charge in [0.05, 0.1) is 6.21 Å². The first-order chi connectivity index (χ1) is 13.2. The summed E-state index contributed by atoms with van der Waals surface area (Å²) in [6.45, 7) is 3.06. The Labute approximate surface area is 162 Å². The van der Waals surface area contributed by atoms with Crippen molar-refractivity contribution in [3.05, 3.63) is 82.9 Å². The molecule has 0 spiro atoms. The third kappa shape index (κ3) is 3.32. The smallest absolute Gasteiger partial charge is 0.271 e. The van der Waals surface area contributed by atoms with Crippen molar-refractivity contribution in [3.8, 4) is 0 Å². The minimum Gasteiger partial charge on any atom is -0.341 e. The molecule has 1 amide bonds. The minimum atomic E-state index is -0.294. The number of halogens is 1. The summed E-state index contributed by atoms with van der Waals surface area (Å²) >= 11 is 5.92. The van der Waals surface area contributed by atoms with Crippen molar-refractivity contribution in [3.63, 3.8) is 0 Å². The summed E-state index contributed by atoms with van der Waals surface area (Å²) in [4.78, 5) is 12.1. The van der Waals surface area contributed by atoms with Gasteiger partial charge in [0, 0.05) is 38.9 Å². The van der Waals surface area contributed by atoms with Gasteiger partial charge in [0.25, 0.3) is 5.91 Å². The number of nitrogens with one attached hydrogen (secondary N) is 1. The van der Waals surface area contributed by atoms with Gasteiger partial charge in [-0.1, -0.05) is 41.9 Å². The molecular formula is C22H18ClN3O. The molecule has 0 saturated carbocycles. The Morgan fingerprint density at radius 3 is 2.67 bits per heavy atom. The van der Waals surface area contributed by atoms with Crippen molar-refractivity contribution >= 4 is 45.5 Å². The molecular weight excluding hydrogens is 358 g/mol. The zero-order valence-corrected chi connectivity index (χ0v) is 15.6. The molecule has 5 heteroatoms. The fraction of sp³-hybridized carbons (Fsp3) is 0.0909. The lowest BCUT2D eigenvalue weighted by atomic mass is 10.1. The maximum Gasteiger partial charge on any atom is 0.271 e. The zero-order chi connectivity index (χ0) is 18.8. The van der Waals surface area contributed by atoms with E-state index in [2.05, 4.69) is 52.3 Å². The van der Waals surface area contributed by atoms with E-state index in [0.717, 1.165) is 12.1 Å². The molecule has 0 saturated heterocycles. The van der Waals surface area contributed by atoms with Crippen molar-refractivity contribution in [2.24, 2.45) is 5.10 Å². The number of rotatable bonds is 4. The number of aryl methyl sites for hydroxylation is 1. The highest BCUT2D eigenvalue weighted by Crippen LogP contribution is 2.29. The number of fused-ring (bicyclic) bond motifs is 3. The maximum atomic E-state index is 12.1. The van der Waals surface area contributed by atoms with E-state index in [9.17, 15) is 4.79 Å². The number of nitrogens with zero attached hydrogens (tertiary/aromatic N) is 2. The number of aromatic nitrogens is 1. The first-order valence-corrected chi connectivity index (χ1v) is 9.15. The zero-order valence-electron chi connectivity index (χ0n) is 14.8. The average Bonchev–Trinajstić information content (AvgIpc) is 3.01. The molecule has 0 aliphatic rings. The van der Waals surface area contributed by atoms with E-state index in [1.54, 1.807) is 30.5 Å². The van der Waals surface area contributed by atoms with Gasteiger partial charge in [-0.05, 0) is 48.9 Å². The summed E-state index contributed by atoms with van der Waals surface area (Å²) in [6.07, 6.45) is 1.65. The Bertz CT molecular complexity index is 1180. The number of para-hydroxylation sites is 1. The van der Waals surface area contributed by atoms with Crippen LogP contribution in [0.3, 0.4) is 0 Å². The first-order valence-electron chi connectivity index (χ1n) is 8.77. The molecule has 0 fully saturated rings. The van der Waals surface area contributed by atoms with E-state index in [-0.39, 0.29) is 5.91 Å².